The van der Waals surface area contributed by atoms with Crippen LogP contribution in [-0.2, 0) is 4.79 Å². The molecule has 0 saturated carbocycles. The molecule has 2 rings (SSSR count). The fraction of sp³-hybridized carbons (Fsp3) is 0.133. The van der Waals surface area contributed by atoms with Crippen molar-refractivity contribution in [2.24, 2.45) is 0 Å². The van der Waals surface area contributed by atoms with Gasteiger partial charge >= 0.3 is 0 Å². The van der Waals surface area contributed by atoms with E-state index in [1.807, 2.05) is 0 Å². The lowest BCUT2D eigenvalue weighted by molar-refractivity contribution is -0.120. The van der Waals surface area contributed by atoms with Crippen LogP contribution in [-0.4, -0.2) is 10.9 Å². The lowest BCUT2D eigenvalue weighted by Gasteiger charge is -2.19. The minimum atomic E-state index is -0.431. The third-order valence-corrected chi connectivity index (χ3v) is 2.79. The summed E-state index contributed by atoms with van der Waals surface area (Å²) in [6.45, 7) is 0. The normalized spacial score (nSPS) is 11.4. The highest BCUT2D eigenvalue weighted by Crippen LogP contribution is 2.21. The van der Waals surface area contributed by atoms with Crippen molar-refractivity contribution in [3.8, 4) is 6.07 Å². The molecule has 5 heteroatoms. The van der Waals surface area contributed by atoms with Gasteiger partial charge in [0.05, 0.1) is 12.1 Å². The molecule has 0 aliphatic rings. The molecule has 0 radical (unpaired) electrons. The second-order valence-electron chi connectivity index (χ2n) is 4.17. The number of carbonyl (C=O) groups is 1. The Morgan fingerprint density at radius 2 is 1.80 bits per heavy atom. The minimum absolute atomic E-state index is 0.219. The van der Waals surface area contributed by atoms with Gasteiger partial charge in [-0.3, -0.25) is 9.78 Å². The van der Waals surface area contributed by atoms with Crippen molar-refractivity contribution in [2.75, 3.05) is 0 Å². The van der Waals surface area contributed by atoms with E-state index in [0.29, 0.717) is 0 Å². The number of rotatable bonds is 4. The molecule has 1 atom stereocenters. The quantitative estimate of drug-likeness (QED) is 0.926. The second kappa shape index (κ2) is 6.43. The zero-order valence-corrected chi connectivity index (χ0v) is 10.6. The molecule has 0 spiro atoms. The van der Waals surface area contributed by atoms with Gasteiger partial charge in [0.2, 0.25) is 5.91 Å². The first kappa shape index (κ1) is 13.7. The number of halogens is 1. The molecular formula is C15H12FN3O. The van der Waals surface area contributed by atoms with Crippen molar-refractivity contribution in [1.29, 1.82) is 5.26 Å². The highest BCUT2D eigenvalue weighted by Gasteiger charge is 2.16. The molecule has 0 fully saturated rings. The SMILES string of the molecule is N#CCC(=O)NC(c1ccncc1)c1ccc(F)cc1. The largest absolute Gasteiger partial charge is 0.344 e. The molecule has 0 aliphatic carbocycles. The summed E-state index contributed by atoms with van der Waals surface area (Å²) < 4.78 is 13.0. The Hall–Kier alpha value is -2.74. The maximum absolute atomic E-state index is 13.0. The topological polar surface area (TPSA) is 65.8 Å². The van der Waals surface area contributed by atoms with Gasteiger partial charge in [-0.15, -0.1) is 0 Å². The lowest BCUT2D eigenvalue weighted by atomic mass is 9.99. The number of amides is 1. The number of aromatic nitrogens is 1. The second-order valence-corrected chi connectivity index (χ2v) is 4.17. The Labute approximate surface area is 115 Å². The summed E-state index contributed by atoms with van der Waals surface area (Å²) in [5, 5.41) is 11.3. The number of pyridine rings is 1. The van der Waals surface area contributed by atoms with Crippen molar-refractivity contribution in [1.82, 2.24) is 10.3 Å². The molecule has 1 aromatic heterocycles. The van der Waals surface area contributed by atoms with Crippen LogP contribution in [0.5, 0.6) is 0 Å². The van der Waals surface area contributed by atoms with E-state index in [9.17, 15) is 9.18 Å². The van der Waals surface area contributed by atoms with E-state index in [-0.39, 0.29) is 18.1 Å². The maximum Gasteiger partial charge on any atom is 0.234 e. The summed E-state index contributed by atoms with van der Waals surface area (Å²) in [4.78, 5) is 15.6. The predicted octanol–water partition coefficient (Wildman–Crippen LogP) is 2.34. The Kier molecular flexibility index (Phi) is 4.40. The smallest absolute Gasteiger partial charge is 0.234 e. The van der Waals surface area contributed by atoms with Gasteiger partial charge in [0, 0.05) is 12.4 Å². The maximum atomic E-state index is 13.0. The van der Waals surface area contributed by atoms with Gasteiger partial charge in [-0.25, -0.2) is 4.39 Å². The third kappa shape index (κ3) is 3.39. The predicted molar refractivity (Wildman–Crippen MR) is 70.9 cm³/mol. The van der Waals surface area contributed by atoms with E-state index < -0.39 is 6.04 Å². The van der Waals surface area contributed by atoms with Crippen LogP contribution in [0.1, 0.15) is 23.6 Å². The molecule has 0 bridgehead atoms. The molecular weight excluding hydrogens is 257 g/mol. The van der Waals surface area contributed by atoms with E-state index in [0.717, 1.165) is 11.1 Å². The zero-order valence-electron chi connectivity index (χ0n) is 10.6. The van der Waals surface area contributed by atoms with Crippen LogP contribution in [0.2, 0.25) is 0 Å². The number of carbonyl (C=O) groups excluding carboxylic acids is 1. The van der Waals surface area contributed by atoms with Crippen LogP contribution in [0.25, 0.3) is 0 Å². The van der Waals surface area contributed by atoms with E-state index >= 15 is 0 Å². The lowest BCUT2D eigenvalue weighted by Crippen LogP contribution is -2.28. The van der Waals surface area contributed by atoms with Gasteiger partial charge in [-0.1, -0.05) is 12.1 Å². The van der Waals surface area contributed by atoms with Gasteiger partial charge < -0.3 is 5.32 Å². The number of hydrogen-bond acceptors (Lipinski definition) is 3. The average Bonchev–Trinajstić information content (AvgIpc) is 2.47. The first-order chi connectivity index (χ1) is 9.70. The summed E-state index contributed by atoms with van der Waals surface area (Å²) in [6, 6.07) is 10.8. The molecule has 1 unspecified atom stereocenters. The van der Waals surface area contributed by atoms with Crippen molar-refractivity contribution in [3.05, 3.63) is 65.7 Å². The number of nitriles is 1. The molecule has 1 amide bonds. The fourth-order valence-corrected chi connectivity index (χ4v) is 1.85. The molecule has 4 nitrogen and oxygen atoms in total. The fourth-order valence-electron chi connectivity index (χ4n) is 1.85. The summed E-state index contributed by atoms with van der Waals surface area (Å²) in [5.41, 5.74) is 1.56. The van der Waals surface area contributed by atoms with Crippen molar-refractivity contribution < 1.29 is 9.18 Å². The highest BCUT2D eigenvalue weighted by atomic mass is 19.1. The Morgan fingerprint density at radius 3 is 2.40 bits per heavy atom. The molecule has 20 heavy (non-hydrogen) atoms. The molecule has 2 aromatic rings. The molecule has 0 saturated heterocycles. The van der Waals surface area contributed by atoms with Crippen molar-refractivity contribution in [2.45, 2.75) is 12.5 Å². The van der Waals surface area contributed by atoms with Crippen LogP contribution in [0.3, 0.4) is 0 Å². The van der Waals surface area contributed by atoms with Gasteiger partial charge in [0.25, 0.3) is 0 Å². The van der Waals surface area contributed by atoms with E-state index in [2.05, 4.69) is 10.3 Å². The van der Waals surface area contributed by atoms with Gasteiger partial charge in [-0.2, -0.15) is 5.26 Å². The van der Waals surface area contributed by atoms with Crippen LogP contribution < -0.4 is 5.32 Å². The van der Waals surface area contributed by atoms with E-state index in [1.165, 1.54) is 12.1 Å². The molecule has 1 N–H and O–H groups in total. The average molecular weight is 269 g/mol. The van der Waals surface area contributed by atoms with Gasteiger partial charge in [0.1, 0.15) is 12.2 Å². The summed E-state index contributed by atoms with van der Waals surface area (Å²) in [7, 11) is 0. The molecule has 100 valence electrons. The van der Waals surface area contributed by atoms with E-state index in [1.54, 1.807) is 42.7 Å². The first-order valence-corrected chi connectivity index (χ1v) is 6.02. The van der Waals surface area contributed by atoms with Gasteiger partial charge in [-0.05, 0) is 35.4 Å². The number of hydrogen-bond donors (Lipinski definition) is 1. The van der Waals surface area contributed by atoms with Crippen molar-refractivity contribution >= 4 is 5.91 Å². The summed E-state index contributed by atoms with van der Waals surface area (Å²) in [6.07, 6.45) is 3.01. The Balaban J connectivity index is 2.32. The summed E-state index contributed by atoms with van der Waals surface area (Å²) in [5.74, 6) is -0.718. The van der Waals surface area contributed by atoms with Gasteiger partial charge in [0.15, 0.2) is 0 Å². The van der Waals surface area contributed by atoms with Crippen LogP contribution in [0.15, 0.2) is 48.8 Å². The third-order valence-electron chi connectivity index (χ3n) is 2.79. The Bertz CT molecular complexity index is 620. The van der Waals surface area contributed by atoms with Crippen molar-refractivity contribution in [3.63, 3.8) is 0 Å². The van der Waals surface area contributed by atoms with Crippen LogP contribution >= 0.6 is 0 Å². The monoisotopic (exact) mass is 269 g/mol. The number of nitrogens with zero attached hydrogens (tertiary/aromatic N) is 2. The molecule has 0 aliphatic heterocycles. The number of benzene rings is 1. The van der Waals surface area contributed by atoms with Crippen LogP contribution in [0, 0.1) is 17.1 Å². The first-order valence-electron chi connectivity index (χ1n) is 6.02. The minimum Gasteiger partial charge on any atom is -0.344 e. The summed E-state index contributed by atoms with van der Waals surface area (Å²) >= 11 is 0. The Morgan fingerprint density at radius 1 is 1.20 bits per heavy atom. The molecule has 1 aromatic carbocycles. The van der Waals surface area contributed by atoms with Crippen LogP contribution in [0.4, 0.5) is 4.39 Å². The zero-order chi connectivity index (χ0) is 14.4. The number of nitrogens with one attached hydrogen (secondary N) is 1. The standard InChI is InChI=1S/C15H12FN3O/c16-13-3-1-11(2-4-13)15(19-14(20)5-8-17)12-6-9-18-10-7-12/h1-4,6-7,9-10,15H,5H2,(H,19,20). The highest BCUT2D eigenvalue weighted by molar-refractivity contribution is 5.79. The molecule has 1 heterocycles. The van der Waals surface area contributed by atoms with E-state index in [4.69, 9.17) is 5.26 Å².